The number of benzene rings is 1. The van der Waals surface area contributed by atoms with Crippen LogP contribution in [-0.4, -0.2) is 41.2 Å². The molecule has 1 aromatic carbocycles. The molecular weight excluding hydrogens is 380 g/mol. The van der Waals surface area contributed by atoms with E-state index in [0.717, 1.165) is 19.3 Å². The molecule has 154 valence electrons. The second kappa shape index (κ2) is 8.31. The Labute approximate surface area is 177 Å². The van der Waals surface area contributed by atoms with Gasteiger partial charge in [-0.1, -0.05) is 38.1 Å². The summed E-state index contributed by atoms with van der Waals surface area (Å²) in [6.07, 6.45) is 2.83. The molecule has 2 amide bonds. The van der Waals surface area contributed by atoms with Crippen LogP contribution in [0.2, 0.25) is 0 Å². The molecule has 5 heteroatoms. The summed E-state index contributed by atoms with van der Waals surface area (Å²) >= 11 is 1.78. The number of thiophene rings is 1. The predicted molar refractivity (Wildman–Crippen MR) is 117 cm³/mol. The first kappa shape index (κ1) is 20.1. The van der Waals surface area contributed by atoms with Crippen LogP contribution in [0.3, 0.4) is 0 Å². The molecule has 1 aromatic heterocycles. The smallest absolute Gasteiger partial charge is 0.242 e. The highest BCUT2D eigenvalue weighted by Crippen LogP contribution is 2.39. The second-order valence-corrected chi connectivity index (χ2v) is 9.78. The van der Waals surface area contributed by atoms with Crippen molar-refractivity contribution in [2.75, 3.05) is 19.6 Å². The minimum absolute atomic E-state index is 0.0596. The summed E-state index contributed by atoms with van der Waals surface area (Å²) in [6, 6.07) is 10.4. The third-order valence-corrected chi connectivity index (χ3v) is 6.92. The standard InChI is InChI=1S/C24H30N2O2S/c1-16(2)14-25(24(28)18-8-9-18)15-22(27)26-12-10-21-20(11-13-29-21)23(26)19-7-5-4-6-17(19)3/h4-7,11,13,16,18,23H,8-10,12,14-15H2,1-3H3/t23-/m0/s1. The molecule has 2 heterocycles. The van der Waals surface area contributed by atoms with Crippen LogP contribution in [0.5, 0.6) is 0 Å². The monoisotopic (exact) mass is 410 g/mol. The lowest BCUT2D eigenvalue weighted by Gasteiger charge is -2.38. The number of fused-ring (bicyclic) bond motifs is 1. The molecule has 2 aromatic rings. The Kier molecular flexibility index (Phi) is 5.77. The van der Waals surface area contributed by atoms with Crippen LogP contribution >= 0.6 is 11.3 Å². The third kappa shape index (κ3) is 4.25. The molecule has 0 radical (unpaired) electrons. The van der Waals surface area contributed by atoms with Crippen LogP contribution < -0.4 is 0 Å². The van der Waals surface area contributed by atoms with Crippen molar-refractivity contribution in [2.45, 2.75) is 46.1 Å². The lowest BCUT2D eigenvalue weighted by molar-refractivity contribution is -0.142. The van der Waals surface area contributed by atoms with Gasteiger partial charge < -0.3 is 9.80 Å². The number of carbonyl (C=O) groups excluding carboxylic acids is 2. The number of aryl methyl sites for hydroxylation is 1. The van der Waals surface area contributed by atoms with E-state index in [0.29, 0.717) is 19.0 Å². The van der Waals surface area contributed by atoms with E-state index in [1.165, 1.54) is 21.6 Å². The molecule has 0 bridgehead atoms. The predicted octanol–water partition coefficient (Wildman–Crippen LogP) is 4.43. The molecule has 29 heavy (non-hydrogen) atoms. The summed E-state index contributed by atoms with van der Waals surface area (Å²) in [5, 5.41) is 2.13. The Hall–Kier alpha value is -2.14. The van der Waals surface area contributed by atoms with Crippen molar-refractivity contribution >= 4 is 23.2 Å². The molecule has 0 unspecified atom stereocenters. The van der Waals surface area contributed by atoms with E-state index in [4.69, 9.17) is 0 Å². The van der Waals surface area contributed by atoms with Gasteiger partial charge in [-0.15, -0.1) is 11.3 Å². The quantitative estimate of drug-likeness (QED) is 0.707. The lowest BCUT2D eigenvalue weighted by atomic mass is 9.90. The van der Waals surface area contributed by atoms with Gasteiger partial charge in [0.25, 0.3) is 0 Å². The molecule has 1 atom stereocenters. The fourth-order valence-corrected chi connectivity index (χ4v) is 5.23. The highest BCUT2D eigenvalue weighted by Gasteiger charge is 2.37. The van der Waals surface area contributed by atoms with Crippen molar-refractivity contribution in [1.82, 2.24) is 9.80 Å². The van der Waals surface area contributed by atoms with Crippen LogP contribution in [0.15, 0.2) is 35.7 Å². The molecule has 0 N–H and O–H groups in total. The van der Waals surface area contributed by atoms with Crippen LogP contribution in [-0.2, 0) is 16.0 Å². The average molecular weight is 411 g/mol. The molecule has 1 fully saturated rings. The zero-order chi connectivity index (χ0) is 20.5. The zero-order valence-corrected chi connectivity index (χ0v) is 18.4. The number of hydrogen-bond donors (Lipinski definition) is 0. The summed E-state index contributed by atoms with van der Waals surface area (Å²) in [6.45, 7) is 7.86. The Morgan fingerprint density at radius 1 is 1.17 bits per heavy atom. The van der Waals surface area contributed by atoms with Gasteiger partial charge in [0, 0.05) is 23.9 Å². The minimum atomic E-state index is -0.0596. The fraction of sp³-hybridized carbons (Fsp3) is 0.500. The van der Waals surface area contributed by atoms with Crippen molar-refractivity contribution in [3.63, 3.8) is 0 Å². The number of carbonyl (C=O) groups is 2. The van der Waals surface area contributed by atoms with Gasteiger partial charge in [0.05, 0.1) is 12.6 Å². The second-order valence-electron chi connectivity index (χ2n) is 8.78. The first-order valence-electron chi connectivity index (χ1n) is 10.7. The van der Waals surface area contributed by atoms with E-state index in [1.54, 1.807) is 11.3 Å². The molecule has 1 aliphatic carbocycles. The minimum Gasteiger partial charge on any atom is -0.333 e. The van der Waals surface area contributed by atoms with Gasteiger partial charge in [-0.05, 0) is 60.2 Å². The third-order valence-electron chi connectivity index (χ3n) is 5.92. The van der Waals surface area contributed by atoms with Crippen molar-refractivity contribution in [2.24, 2.45) is 11.8 Å². The molecule has 2 aliphatic rings. The first-order valence-corrected chi connectivity index (χ1v) is 11.5. The number of hydrogen-bond acceptors (Lipinski definition) is 3. The van der Waals surface area contributed by atoms with Crippen molar-refractivity contribution in [3.05, 3.63) is 57.3 Å². The summed E-state index contributed by atoms with van der Waals surface area (Å²) in [4.78, 5) is 31.5. The summed E-state index contributed by atoms with van der Waals surface area (Å²) in [7, 11) is 0. The van der Waals surface area contributed by atoms with E-state index in [1.807, 2.05) is 21.9 Å². The molecule has 4 nitrogen and oxygen atoms in total. The van der Waals surface area contributed by atoms with Gasteiger partial charge in [-0.3, -0.25) is 9.59 Å². The summed E-state index contributed by atoms with van der Waals surface area (Å²) < 4.78 is 0. The molecule has 1 aliphatic heterocycles. The Morgan fingerprint density at radius 2 is 1.93 bits per heavy atom. The largest absolute Gasteiger partial charge is 0.333 e. The van der Waals surface area contributed by atoms with Crippen molar-refractivity contribution < 1.29 is 9.59 Å². The normalized spacial score (nSPS) is 18.6. The van der Waals surface area contributed by atoms with Gasteiger partial charge >= 0.3 is 0 Å². The molecular formula is C24H30N2O2S. The van der Waals surface area contributed by atoms with E-state index < -0.39 is 0 Å². The topological polar surface area (TPSA) is 40.6 Å². The average Bonchev–Trinajstić information content (AvgIpc) is 3.43. The molecule has 1 saturated carbocycles. The van der Waals surface area contributed by atoms with E-state index in [-0.39, 0.29) is 30.3 Å². The molecule has 0 saturated heterocycles. The molecule has 4 rings (SSSR count). The van der Waals surface area contributed by atoms with Gasteiger partial charge in [0.2, 0.25) is 11.8 Å². The number of amides is 2. The summed E-state index contributed by atoms with van der Waals surface area (Å²) in [5.41, 5.74) is 3.62. The van der Waals surface area contributed by atoms with Gasteiger partial charge in [0.1, 0.15) is 0 Å². The molecule has 0 spiro atoms. The Morgan fingerprint density at radius 3 is 2.62 bits per heavy atom. The van der Waals surface area contributed by atoms with Gasteiger partial charge in [-0.2, -0.15) is 0 Å². The Bertz CT molecular complexity index is 900. The highest BCUT2D eigenvalue weighted by atomic mass is 32.1. The fourth-order valence-electron chi connectivity index (χ4n) is 4.33. The number of rotatable bonds is 6. The number of nitrogens with zero attached hydrogens (tertiary/aromatic N) is 2. The maximum absolute atomic E-state index is 13.5. The van der Waals surface area contributed by atoms with Gasteiger partial charge in [-0.25, -0.2) is 0 Å². The first-order chi connectivity index (χ1) is 14.0. The van der Waals surface area contributed by atoms with Crippen LogP contribution in [0.1, 0.15) is 54.3 Å². The summed E-state index contributed by atoms with van der Waals surface area (Å²) in [5.74, 6) is 0.707. The Balaban J connectivity index is 1.62. The van der Waals surface area contributed by atoms with Crippen LogP contribution in [0.25, 0.3) is 0 Å². The van der Waals surface area contributed by atoms with E-state index >= 15 is 0 Å². The van der Waals surface area contributed by atoms with Crippen LogP contribution in [0.4, 0.5) is 0 Å². The van der Waals surface area contributed by atoms with Gasteiger partial charge in [0.15, 0.2) is 0 Å². The van der Waals surface area contributed by atoms with Crippen LogP contribution in [0, 0.1) is 18.8 Å². The highest BCUT2D eigenvalue weighted by molar-refractivity contribution is 7.10. The maximum atomic E-state index is 13.5. The van der Waals surface area contributed by atoms with Crippen molar-refractivity contribution in [3.8, 4) is 0 Å². The van der Waals surface area contributed by atoms with E-state index in [2.05, 4.69) is 44.4 Å². The van der Waals surface area contributed by atoms with Crippen molar-refractivity contribution in [1.29, 1.82) is 0 Å². The maximum Gasteiger partial charge on any atom is 0.242 e. The zero-order valence-electron chi connectivity index (χ0n) is 17.6. The van der Waals surface area contributed by atoms with E-state index in [9.17, 15) is 9.59 Å². The SMILES string of the molecule is Cc1ccccc1[C@H]1c2ccsc2CCN1C(=O)CN(CC(C)C)C(=O)C1CC1. The lowest BCUT2D eigenvalue weighted by Crippen LogP contribution is -2.48.